The fraction of sp³-hybridized carbons (Fsp3) is 0.192. The minimum atomic E-state index is -0.487. The Morgan fingerprint density at radius 3 is 2.45 bits per heavy atom. The Balaban J connectivity index is 1.60. The predicted molar refractivity (Wildman–Crippen MR) is 131 cm³/mol. The second-order valence-corrected chi connectivity index (χ2v) is 9.26. The van der Waals surface area contributed by atoms with Gasteiger partial charge < -0.3 is 10.6 Å². The van der Waals surface area contributed by atoms with Gasteiger partial charge in [-0.05, 0) is 46.4 Å². The molecule has 2 aromatic heterocycles. The Labute approximate surface area is 191 Å². The molecule has 0 atom stereocenters. The quantitative estimate of drug-likeness (QED) is 0.363. The molecule has 0 saturated heterocycles. The van der Waals surface area contributed by atoms with E-state index in [9.17, 15) is 4.39 Å². The third kappa shape index (κ3) is 3.65. The standard InChI is InChI=1S/C26H25FN6/c1-26(2,3)18-10-8-16(9-11-18)17-6-5-7-19(12-17)32(4)24-20-13-21(27)22(28)14-23(20)33-15-29-31-25(33)30-24/h5-15H,28H2,1-4H3. The molecule has 6 nitrogen and oxygen atoms in total. The highest BCUT2D eigenvalue weighted by molar-refractivity contribution is 5.95. The average molecular weight is 441 g/mol. The summed E-state index contributed by atoms with van der Waals surface area (Å²) < 4.78 is 16.1. The minimum Gasteiger partial charge on any atom is -0.396 e. The van der Waals surface area contributed by atoms with Crippen LogP contribution in [0, 0.1) is 5.82 Å². The lowest BCUT2D eigenvalue weighted by Gasteiger charge is -2.22. The molecule has 2 N–H and O–H groups in total. The molecule has 0 spiro atoms. The van der Waals surface area contributed by atoms with Crippen molar-refractivity contribution in [2.24, 2.45) is 0 Å². The third-order valence-electron chi connectivity index (χ3n) is 5.99. The molecule has 0 amide bonds. The van der Waals surface area contributed by atoms with Gasteiger partial charge in [0.1, 0.15) is 18.0 Å². The highest BCUT2D eigenvalue weighted by Crippen LogP contribution is 2.34. The van der Waals surface area contributed by atoms with E-state index in [0.717, 1.165) is 16.8 Å². The zero-order valence-corrected chi connectivity index (χ0v) is 19.0. The number of nitrogen functional groups attached to an aromatic ring is 1. The number of rotatable bonds is 3. The van der Waals surface area contributed by atoms with Crippen LogP contribution in [0.25, 0.3) is 27.8 Å². The van der Waals surface area contributed by atoms with E-state index in [-0.39, 0.29) is 11.1 Å². The number of halogens is 1. The number of hydrogen-bond donors (Lipinski definition) is 1. The van der Waals surface area contributed by atoms with Crippen LogP contribution in [0.15, 0.2) is 67.0 Å². The van der Waals surface area contributed by atoms with Crippen molar-refractivity contribution in [1.29, 1.82) is 0 Å². The Hall–Kier alpha value is -4.00. The molecule has 0 unspecified atom stereocenters. The van der Waals surface area contributed by atoms with Gasteiger partial charge in [-0.2, -0.15) is 4.98 Å². The predicted octanol–water partition coefficient (Wildman–Crippen LogP) is 5.73. The molecular formula is C26H25FN6. The van der Waals surface area contributed by atoms with Crippen molar-refractivity contribution in [3.05, 3.63) is 78.4 Å². The first-order valence-corrected chi connectivity index (χ1v) is 10.8. The van der Waals surface area contributed by atoms with Gasteiger partial charge in [-0.3, -0.25) is 4.40 Å². The molecule has 33 heavy (non-hydrogen) atoms. The van der Waals surface area contributed by atoms with Crippen molar-refractivity contribution in [1.82, 2.24) is 19.6 Å². The molecule has 0 bridgehead atoms. The van der Waals surface area contributed by atoms with Gasteiger partial charge in [0.15, 0.2) is 0 Å². The smallest absolute Gasteiger partial charge is 0.257 e. The first-order chi connectivity index (χ1) is 15.7. The van der Waals surface area contributed by atoms with Crippen LogP contribution in [0.4, 0.5) is 21.6 Å². The van der Waals surface area contributed by atoms with Crippen LogP contribution in [-0.4, -0.2) is 26.6 Å². The van der Waals surface area contributed by atoms with Gasteiger partial charge in [0.25, 0.3) is 5.78 Å². The summed E-state index contributed by atoms with van der Waals surface area (Å²) in [5, 5.41) is 8.67. The Bertz CT molecular complexity index is 1480. The molecule has 0 saturated carbocycles. The zero-order chi connectivity index (χ0) is 23.3. The number of nitrogens with zero attached hydrogens (tertiary/aromatic N) is 5. The maximum absolute atomic E-state index is 14.4. The fourth-order valence-corrected chi connectivity index (χ4v) is 4.02. The van der Waals surface area contributed by atoms with E-state index in [1.165, 1.54) is 11.6 Å². The summed E-state index contributed by atoms with van der Waals surface area (Å²) in [5.41, 5.74) is 11.1. The number of benzene rings is 3. The lowest BCUT2D eigenvalue weighted by atomic mass is 9.86. The van der Waals surface area contributed by atoms with E-state index in [2.05, 4.69) is 72.4 Å². The highest BCUT2D eigenvalue weighted by atomic mass is 19.1. The van der Waals surface area contributed by atoms with E-state index < -0.39 is 5.82 Å². The number of aromatic nitrogens is 4. The van der Waals surface area contributed by atoms with E-state index in [0.29, 0.717) is 22.5 Å². The molecule has 5 rings (SSSR count). The van der Waals surface area contributed by atoms with Crippen LogP contribution >= 0.6 is 0 Å². The van der Waals surface area contributed by atoms with Crippen molar-refractivity contribution in [2.75, 3.05) is 17.7 Å². The maximum atomic E-state index is 14.4. The molecule has 0 aliphatic carbocycles. The summed E-state index contributed by atoms with van der Waals surface area (Å²) in [6.45, 7) is 6.62. The normalized spacial score (nSPS) is 11.9. The second kappa shape index (κ2) is 7.55. The minimum absolute atomic E-state index is 0.0676. The average Bonchev–Trinajstić information content (AvgIpc) is 3.27. The first-order valence-electron chi connectivity index (χ1n) is 10.8. The van der Waals surface area contributed by atoms with Crippen molar-refractivity contribution >= 4 is 33.9 Å². The zero-order valence-electron chi connectivity index (χ0n) is 19.0. The maximum Gasteiger partial charge on any atom is 0.257 e. The van der Waals surface area contributed by atoms with Crippen LogP contribution < -0.4 is 10.6 Å². The fourth-order valence-electron chi connectivity index (χ4n) is 4.02. The largest absolute Gasteiger partial charge is 0.396 e. The van der Waals surface area contributed by atoms with Gasteiger partial charge in [0, 0.05) is 18.1 Å². The van der Waals surface area contributed by atoms with Crippen LogP contribution in [0.3, 0.4) is 0 Å². The lowest BCUT2D eigenvalue weighted by Crippen LogP contribution is -2.13. The summed E-state index contributed by atoms with van der Waals surface area (Å²) in [7, 11) is 1.91. The van der Waals surface area contributed by atoms with Gasteiger partial charge in [0.05, 0.1) is 11.2 Å². The van der Waals surface area contributed by atoms with Crippen LogP contribution in [-0.2, 0) is 5.41 Å². The third-order valence-corrected chi connectivity index (χ3v) is 5.99. The van der Waals surface area contributed by atoms with Gasteiger partial charge in [-0.15, -0.1) is 10.2 Å². The van der Waals surface area contributed by atoms with E-state index >= 15 is 0 Å². The van der Waals surface area contributed by atoms with Crippen LogP contribution in [0.5, 0.6) is 0 Å². The molecule has 3 aromatic carbocycles. The van der Waals surface area contributed by atoms with Crippen molar-refractivity contribution < 1.29 is 4.39 Å². The summed E-state index contributed by atoms with van der Waals surface area (Å²) in [4.78, 5) is 6.59. The SMILES string of the molecule is CN(c1cccc(-c2ccc(C(C)(C)C)cc2)c1)c1nc2nncn2c2cc(N)c(F)cc12. The Kier molecular flexibility index (Phi) is 4.78. The molecule has 0 radical (unpaired) electrons. The van der Waals surface area contributed by atoms with E-state index in [1.54, 1.807) is 16.8 Å². The molecule has 0 aliphatic heterocycles. The summed E-state index contributed by atoms with van der Waals surface area (Å²) in [5.74, 6) is 0.507. The van der Waals surface area contributed by atoms with E-state index in [4.69, 9.17) is 5.73 Å². The molecule has 5 aromatic rings. The monoisotopic (exact) mass is 440 g/mol. The van der Waals surface area contributed by atoms with Gasteiger partial charge in [-0.1, -0.05) is 57.2 Å². The summed E-state index contributed by atoms with van der Waals surface area (Å²) >= 11 is 0. The number of nitrogens with two attached hydrogens (primary N) is 1. The molecule has 0 aliphatic rings. The second-order valence-electron chi connectivity index (χ2n) is 9.26. The molecule has 166 valence electrons. The number of hydrogen-bond acceptors (Lipinski definition) is 5. The molecule has 0 fully saturated rings. The Morgan fingerprint density at radius 1 is 0.970 bits per heavy atom. The number of fused-ring (bicyclic) bond motifs is 3. The van der Waals surface area contributed by atoms with Crippen molar-refractivity contribution in [2.45, 2.75) is 26.2 Å². The first kappa shape index (κ1) is 20.9. The highest BCUT2D eigenvalue weighted by Gasteiger charge is 2.17. The van der Waals surface area contributed by atoms with Crippen molar-refractivity contribution in [3.8, 4) is 11.1 Å². The number of anilines is 3. The van der Waals surface area contributed by atoms with Gasteiger partial charge in [0.2, 0.25) is 0 Å². The van der Waals surface area contributed by atoms with Gasteiger partial charge >= 0.3 is 0 Å². The van der Waals surface area contributed by atoms with Crippen LogP contribution in [0.2, 0.25) is 0 Å². The summed E-state index contributed by atoms with van der Waals surface area (Å²) in [6.07, 6.45) is 1.55. The topological polar surface area (TPSA) is 72.3 Å². The van der Waals surface area contributed by atoms with Crippen molar-refractivity contribution in [3.63, 3.8) is 0 Å². The van der Waals surface area contributed by atoms with E-state index in [1.807, 2.05) is 24.1 Å². The summed E-state index contributed by atoms with van der Waals surface area (Å²) in [6, 6.07) is 19.8. The Morgan fingerprint density at radius 2 is 1.73 bits per heavy atom. The molecule has 2 heterocycles. The molecule has 7 heteroatoms. The lowest BCUT2D eigenvalue weighted by molar-refractivity contribution is 0.590. The van der Waals surface area contributed by atoms with Gasteiger partial charge in [-0.25, -0.2) is 4.39 Å². The van der Waals surface area contributed by atoms with Crippen LogP contribution in [0.1, 0.15) is 26.3 Å². The molecular weight excluding hydrogens is 415 g/mol.